The maximum atomic E-state index is 12.4. The van der Waals surface area contributed by atoms with Gasteiger partial charge in [-0.1, -0.05) is 17.7 Å². The fraction of sp³-hybridized carbons (Fsp3) is 0.350. The number of aryl methyl sites for hydroxylation is 1. The van der Waals surface area contributed by atoms with Gasteiger partial charge in [0.1, 0.15) is 0 Å². The van der Waals surface area contributed by atoms with Crippen molar-refractivity contribution in [2.24, 2.45) is 5.92 Å². The van der Waals surface area contributed by atoms with Gasteiger partial charge in [-0.15, -0.1) is 0 Å². The van der Waals surface area contributed by atoms with Crippen LogP contribution in [0.4, 0.5) is 10.5 Å². The zero-order chi connectivity index (χ0) is 18.4. The van der Waals surface area contributed by atoms with Crippen molar-refractivity contribution >= 4 is 17.6 Å². The molecule has 2 heterocycles. The summed E-state index contributed by atoms with van der Waals surface area (Å²) in [5, 5.41) is 5.76. The predicted molar refractivity (Wildman–Crippen MR) is 101 cm³/mol. The van der Waals surface area contributed by atoms with E-state index in [0.717, 1.165) is 24.1 Å². The maximum absolute atomic E-state index is 12.4. The van der Waals surface area contributed by atoms with Crippen LogP contribution < -0.4 is 10.6 Å². The van der Waals surface area contributed by atoms with Gasteiger partial charge in [-0.2, -0.15) is 0 Å². The highest BCUT2D eigenvalue weighted by molar-refractivity contribution is 5.94. The molecule has 26 heavy (non-hydrogen) atoms. The average molecular weight is 352 g/mol. The molecule has 0 saturated carbocycles. The molecule has 0 aliphatic carbocycles. The number of hydrogen-bond donors (Lipinski definition) is 2. The first kappa shape index (κ1) is 17.9. The molecule has 0 spiro atoms. The Balaban J connectivity index is 1.40. The van der Waals surface area contributed by atoms with Crippen LogP contribution in [0.3, 0.4) is 0 Å². The van der Waals surface area contributed by atoms with E-state index in [1.807, 2.05) is 36.1 Å². The second kappa shape index (κ2) is 8.47. The quantitative estimate of drug-likeness (QED) is 0.888. The largest absolute Gasteiger partial charge is 0.339 e. The Bertz CT molecular complexity index is 738. The van der Waals surface area contributed by atoms with Crippen LogP contribution in [0, 0.1) is 12.8 Å². The molecule has 136 valence electrons. The minimum atomic E-state index is -0.192. The van der Waals surface area contributed by atoms with E-state index in [-0.39, 0.29) is 11.9 Å². The summed E-state index contributed by atoms with van der Waals surface area (Å²) in [6.45, 7) is 4.04. The van der Waals surface area contributed by atoms with E-state index in [1.54, 1.807) is 24.5 Å². The SMILES string of the molecule is Cc1ccc(NC(=O)NCC2CCN(C(=O)c3cccnc3)CC2)cc1. The Hall–Kier alpha value is -2.89. The van der Waals surface area contributed by atoms with Crippen LogP contribution in [-0.4, -0.2) is 41.5 Å². The van der Waals surface area contributed by atoms with Crippen molar-refractivity contribution in [3.05, 3.63) is 59.9 Å². The summed E-state index contributed by atoms with van der Waals surface area (Å²) in [4.78, 5) is 30.3. The monoisotopic (exact) mass is 352 g/mol. The predicted octanol–water partition coefficient (Wildman–Crippen LogP) is 3.06. The van der Waals surface area contributed by atoms with Gasteiger partial charge in [-0.25, -0.2) is 4.79 Å². The maximum Gasteiger partial charge on any atom is 0.319 e. The first-order valence-electron chi connectivity index (χ1n) is 8.92. The van der Waals surface area contributed by atoms with Crippen molar-refractivity contribution < 1.29 is 9.59 Å². The van der Waals surface area contributed by atoms with Gasteiger partial charge in [0.2, 0.25) is 0 Å². The highest BCUT2D eigenvalue weighted by Gasteiger charge is 2.23. The van der Waals surface area contributed by atoms with E-state index in [1.165, 1.54) is 0 Å². The van der Waals surface area contributed by atoms with Crippen molar-refractivity contribution in [1.82, 2.24) is 15.2 Å². The third-order valence-corrected chi connectivity index (χ3v) is 4.67. The van der Waals surface area contributed by atoms with E-state index in [4.69, 9.17) is 0 Å². The van der Waals surface area contributed by atoms with E-state index in [2.05, 4.69) is 15.6 Å². The van der Waals surface area contributed by atoms with Gasteiger partial charge in [-0.3, -0.25) is 9.78 Å². The van der Waals surface area contributed by atoms with Crippen molar-refractivity contribution in [3.8, 4) is 0 Å². The number of amides is 3. The molecule has 0 bridgehead atoms. The van der Waals surface area contributed by atoms with Crippen molar-refractivity contribution in [3.63, 3.8) is 0 Å². The fourth-order valence-electron chi connectivity index (χ4n) is 3.06. The Morgan fingerprint density at radius 2 is 1.88 bits per heavy atom. The van der Waals surface area contributed by atoms with Crippen LogP contribution in [-0.2, 0) is 0 Å². The molecule has 1 aromatic carbocycles. The van der Waals surface area contributed by atoms with Crippen LogP contribution in [0.2, 0.25) is 0 Å². The lowest BCUT2D eigenvalue weighted by molar-refractivity contribution is 0.0690. The average Bonchev–Trinajstić information content (AvgIpc) is 2.69. The zero-order valence-corrected chi connectivity index (χ0v) is 14.9. The highest BCUT2D eigenvalue weighted by atomic mass is 16.2. The number of carbonyl (C=O) groups excluding carboxylic acids is 2. The number of pyridine rings is 1. The molecule has 3 amide bonds. The Morgan fingerprint density at radius 1 is 1.15 bits per heavy atom. The molecular weight excluding hydrogens is 328 g/mol. The first-order chi connectivity index (χ1) is 12.6. The summed E-state index contributed by atoms with van der Waals surface area (Å²) in [7, 11) is 0. The lowest BCUT2D eigenvalue weighted by Gasteiger charge is -2.32. The number of aromatic nitrogens is 1. The number of nitrogens with one attached hydrogen (secondary N) is 2. The van der Waals surface area contributed by atoms with Gasteiger partial charge in [0.15, 0.2) is 0 Å². The smallest absolute Gasteiger partial charge is 0.319 e. The molecule has 2 aromatic rings. The Kier molecular flexibility index (Phi) is 5.84. The lowest BCUT2D eigenvalue weighted by Crippen LogP contribution is -2.42. The summed E-state index contributed by atoms with van der Waals surface area (Å²) in [6.07, 6.45) is 5.04. The summed E-state index contributed by atoms with van der Waals surface area (Å²) < 4.78 is 0. The zero-order valence-electron chi connectivity index (χ0n) is 14.9. The van der Waals surface area contributed by atoms with Gasteiger partial charge in [0, 0.05) is 37.7 Å². The number of benzene rings is 1. The topological polar surface area (TPSA) is 74.3 Å². The molecule has 3 rings (SSSR count). The van der Waals surface area contributed by atoms with Crippen LogP contribution in [0.25, 0.3) is 0 Å². The normalized spacial score (nSPS) is 14.7. The van der Waals surface area contributed by atoms with Crippen LogP contribution in [0.1, 0.15) is 28.8 Å². The minimum Gasteiger partial charge on any atom is -0.339 e. The molecule has 1 saturated heterocycles. The van der Waals surface area contributed by atoms with Gasteiger partial charge >= 0.3 is 6.03 Å². The second-order valence-corrected chi connectivity index (χ2v) is 6.68. The molecular formula is C20H24N4O2. The second-order valence-electron chi connectivity index (χ2n) is 6.68. The van der Waals surface area contributed by atoms with Crippen LogP contribution in [0.5, 0.6) is 0 Å². The number of urea groups is 1. The van der Waals surface area contributed by atoms with E-state index in [0.29, 0.717) is 31.1 Å². The van der Waals surface area contributed by atoms with Crippen LogP contribution >= 0.6 is 0 Å². The number of likely N-dealkylation sites (tertiary alicyclic amines) is 1. The summed E-state index contributed by atoms with van der Waals surface area (Å²) in [6, 6.07) is 11.1. The standard InChI is InChI=1S/C20H24N4O2/c1-15-4-6-18(7-5-15)23-20(26)22-13-16-8-11-24(12-9-16)19(25)17-3-2-10-21-14-17/h2-7,10,14,16H,8-9,11-13H2,1H3,(H2,22,23,26). The molecule has 6 nitrogen and oxygen atoms in total. The molecule has 1 aliphatic heterocycles. The number of piperidine rings is 1. The number of carbonyl (C=O) groups is 2. The van der Waals surface area contributed by atoms with E-state index in [9.17, 15) is 9.59 Å². The first-order valence-corrected chi connectivity index (χ1v) is 8.92. The highest BCUT2D eigenvalue weighted by Crippen LogP contribution is 2.18. The Morgan fingerprint density at radius 3 is 2.54 bits per heavy atom. The van der Waals surface area contributed by atoms with Crippen molar-refractivity contribution in [2.75, 3.05) is 25.0 Å². The molecule has 2 N–H and O–H groups in total. The number of nitrogens with zero attached hydrogens (tertiary/aromatic N) is 2. The molecule has 1 fully saturated rings. The summed E-state index contributed by atoms with van der Waals surface area (Å²) in [5.74, 6) is 0.415. The fourth-order valence-corrected chi connectivity index (χ4v) is 3.06. The van der Waals surface area contributed by atoms with E-state index >= 15 is 0 Å². The molecule has 0 unspecified atom stereocenters. The van der Waals surface area contributed by atoms with Gasteiger partial charge in [0.05, 0.1) is 5.56 Å². The molecule has 6 heteroatoms. The summed E-state index contributed by atoms with van der Waals surface area (Å²) in [5.41, 5.74) is 2.56. The summed E-state index contributed by atoms with van der Waals surface area (Å²) >= 11 is 0. The van der Waals surface area contributed by atoms with E-state index < -0.39 is 0 Å². The molecule has 0 radical (unpaired) electrons. The number of rotatable bonds is 4. The molecule has 0 atom stereocenters. The van der Waals surface area contributed by atoms with Crippen molar-refractivity contribution in [1.29, 1.82) is 0 Å². The van der Waals surface area contributed by atoms with Gasteiger partial charge in [0.25, 0.3) is 5.91 Å². The Labute approximate surface area is 153 Å². The minimum absolute atomic E-state index is 0.0293. The van der Waals surface area contributed by atoms with Crippen LogP contribution in [0.15, 0.2) is 48.8 Å². The third kappa shape index (κ3) is 4.81. The van der Waals surface area contributed by atoms with Crippen molar-refractivity contribution in [2.45, 2.75) is 19.8 Å². The third-order valence-electron chi connectivity index (χ3n) is 4.67. The molecule has 1 aliphatic rings. The van der Waals surface area contributed by atoms with Gasteiger partial charge < -0.3 is 15.5 Å². The number of hydrogen-bond acceptors (Lipinski definition) is 3. The lowest BCUT2D eigenvalue weighted by atomic mass is 9.96. The van der Waals surface area contributed by atoms with Gasteiger partial charge in [-0.05, 0) is 49.9 Å². The molecule has 1 aromatic heterocycles. The number of anilines is 1.